The van der Waals surface area contributed by atoms with Crippen LogP contribution >= 0.6 is 11.6 Å². The highest BCUT2D eigenvalue weighted by atomic mass is 35.5. The minimum absolute atomic E-state index is 0.0842. The van der Waals surface area contributed by atoms with Gasteiger partial charge in [0.05, 0.1) is 17.0 Å². The van der Waals surface area contributed by atoms with Crippen molar-refractivity contribution < 1.29 is 9.18 Å². The molecule has 0 aliphatic carbocycles. The molecule has 0 saturated carbocycles. The molecular weight excluding hydrogens is 205 g/mol. The first-order valence-corrected chi connectivity index (χ1v) is 4.43. The molecule has 2 nitrogen and oxygen atoms in total. The molecule has 0 amide bonds. The van der Waals surface area contributed by atoms with E-state index in [2.05, 4.69) is 0 Å². The number of nitrogens with zero attached hydrogens (tertiary/aromatic N) is 1. The first kappa shape index (κ1) is 10.7. The molecule has 0 atom stereocenters. The minimum Gasteiger partial charge on any atom is -0.293 e. The zero-order chi connectivity index (χ0) is 10.7. The Morgan fingerprint density at radius 1 is 1.64 bits per heavy atom. The average molecular weight is 212 g/mol. The van der Waals surface area contributed by atoms with Crippen LogP contribution in [0.5, 0.6) is 0 Å². The summed E-state index contributed by atoms with van der Waals surface area (Å²) >= 11 is 5.33. The summed E-state index contributed by atoms with van der Waals surface area (Å²) in [5.74, 6) is -1.57. The van der Waals surface area contributed by atoms with Gasteiger partial charge in [-0.25, -0.2) is 4.39 Å². The predicted molar refractivity (Wildman–Crippen MR) is 50.9 cm³/mol. The summed E-state index contributed by atoms with van der Waals surface area (Å²) in [6.07, 6.45) is 0. The number of carbonyl (C=O) groups is 1. The van der Waals surface area contributed by atoms with Crippen LogP contribution in [0, 0.1) is 24.1 Å². The number of carbonyl (C=O) groups excluding carboxylic acids is 1. The van der Waals surface area contributed by atoms with Crippen LogP contribution in [0.4, 0.5) is 4.39 Å². The molecule has 0 spiro atoms. The third-order valence-electron chi connectivity index (χ3n) is 1.87. The highest BCUT2D eigenvalue weighted by Crippen LogP contribution is 2.17. The Hall–Kier alpha value is -1.40. The second kappa shape index (κ2) is 4.21. The summed E-state index contributed by atoms with van der Waals surface area (Å²) in [6, 6.07) is 4.54. The van der Waals surface area contributed by atoms with Gasteiger partial charge < -0.3 is 0 Å². The fourth-order valence-electron chi connectivity index (χ4n) is 1.17. The van der Waals surface area contributed by atoms with Gasteiger partial charge in [0, 0.05) is 0 Å². The summed E-state index contributed by atoms with van der Waals surface area (Å²) in [4.78, 5) is 11.2. The normalized spacial score (nSPS) is 9.57. The molecule has 14 heavy (non-hydrogen) atoms. The highest BCUT2D eigenvalue weighted by Gasteiger charge is 2.16. The standard InChI is InChI=1S/C10H7ClFNO/c1-6-2-3-7(5-13)10(12)9(6)8(14)4-11/h2-3H,4H2,1H3. The fourth-order valence-corrected chi connectivity index (χ4v) is 1.30. The number of hydrogen-bond donors (Lipinski definition) is 0. The molecule has 0 radical (unpaired) electrons. The van der Waals surface area contributed by atoms with Crippen LogP contribution in [-0.2, 0) is 0 Å². The van der Waals surface area contributed by atoms with Crippen LogP contribution < -0.4 is 0 Å². The first-order chi connectivity index (χ1) is 6.61. The zero-order valence-corrected chi connectivity index (χ0v) is 8.23. The molecule has 0 bridgehead atoms. The Bertz CT molecular complexity index is 423. The van der Waals surface area contributed by atoms with Gasteiger partial charge in [0.1, 0.15) is 6.07 Å². The molecule has 0 aliphatic rings. The quantitative estimate of drug-likeness (QED) is 0.557. The first-order valence-electron chi connectivity index (χ1n) is 3.90. The van der Waals surface area contributed by atoms with Crippen LogP contribution in [0.3, 0.4) is 0 Å². The van der Waals surface area contributed by atoms with Gasteiger partial charge >= 0.3 is 0 Å². The highest BCUT2D eigenvalue weighted by molar-refractivity contribution is 6.30. The Morgan fingerprint density at radius 2 is 2.29 bits per heavy atom. The maximum atomic E-state index is 13.5. The summed E-state index contributed by atoms with van der Waals surface area (Å²) in [5.41, 5.74) is 0.273. The van der Waals surface area contributed by atoms with E-state index in [-0.39, 0.29) is 17.0 Å². The number of halogens is 2. The van der Waals surface area contributed by atoms with Gasteiger partial charge in [-0.05, 0) is 18.6 Å². The summed E-state index contributed by atoms with van der Waals surface area (Å²) < 4.78 is 13.5. The van der Waals surface area contributed by atoms with E-state index in [1.165, 1.54) is 12.1 Å². The number of alkyl halides is 1. The van der Waals surface area contributed by atoms with Crippen molar-refractivity contribution in [2.75, 3.05) is 5.88 Å². The van der Waals surface area contributed by atoms with E-state index in [1.54, 1.807) is 13.0 Å². The Kier molecular flexibility index (Phi) is 3.21. The van der Waals surface area contributed by atoms with Crippen molar-refractivity contribution in [2.24, 2.45) is 0 Å². The summed E-state index contributed by atoms with van der Waals surface area (Å²) in [6.45, 7) is 1.60. The van der Waals surface area contributed by atoms with Gasteiger partial charge in [-0.3, -0.25) is 4.79 Å². The SMILES string of the molecule is Cc1ccc(C#N)c(F)c1C(=O)CCl. The van der Waals surface area contributed by atoms with Crippen molar-refractivity contribution in [1.82, 2.24) is 0 Å². The van der Waals surface area contributed by atoms with E-state index < -0.39 is 11.6 Å². The predicted octanol–water partition coefficient (Wildman–Crippen LogP) is 2.43. The second-order valence-electron chi connectivity index (χ2n) is 2.79. The van der Waals surface area contributed by atoms with E-state index in [0.29, 0.717) is 5.56 Å². The van der Waals surface area contributed by atoms with Gasteiger partial charge in [-0.2, -0.15) is 5.26 Å². The number of nitriles is 1. The van der Waals surface area contributed by atoms with E-state index in [9.17, 15) is 9.18 Å². The fraction of sp³-hybridized carbons (Fsp3) is 0.200. The van der Waals surface area contributed by atoms with E-state index in [1.807, 2.05) is 0 Å². The van der Waals surface area contributed by atoms with Crippen LogP contribution in [0.2, 0.25) is 0 Å². The average Bonchev–Trinajstić information content (AvgIpc) is 2.18. The van der Waals surface area contributed by atoms with Gasteiger partial charge in [0.25, 0.3) is 0 Å². The number of rotatable bonds is 2. The van der Waals surface area contributed by atoms with Crippen LogP contribution in [0.1, 0.15) is 21.5 Å². The number of aryl methyl sites for hydroxylation is 1. The van der Waals surface area contributed by atoms with E-state index in [0.717, 1.165) is 0 Å². The van der Waals surface area contributed by atoms with Gasteiger partial charge in [0.15, 0.2) is 11.6 Å². The van der Waals surface area contributed by atoms with Crippen molar-refractivity contribution in [2.45, 2.75) is 6.92 Å². The van der Waals surface area contributed by atoms with Crippen LogP contribution in [0.15, 0.2) is 12.1 Å². The number of benzene rings is 1. The molecule has 0 saturated heterocycles. The van der Waals surface area contributed by atoms with Gasteiger partial charge in [0.2, 0.25) is 0 Å². The molecule has 4 heteroatoms. The molecule has 0 aromatic heterocycles. The molecule has 0 heterocycles. The molecule has 1 rings (SSSR count). The van der Waals surface area contributed by atoms with Crippen LogP contribution in [-0.4, -0.2) is 11.7 Å². The lowest BCUT2D eigenvalue weighted by Gasteiger charge is -2.04. The van der Waals surface area contributed by atoms with Crippen molar-refractivity contribution in [1.29, 1.82) is 5.26 Å². The molecule has 1 aromatic carbocycles. The van der Waals surface area contributed by atoms with E-state index in [4.69, 9.17) is 16.9 Å². The number of hydrogen-bond acceptors (Lipinski definition) is 2. The lowest BCUT2D eigenvalue weighted by Crippen LogP contribution is -2.07. The maximum Gasteiger partial charge on any atom is 0.180 e. The minimum atomic E-state index is -0.779. The van der Waals surface area contributed by atoms with Crippen LogP contribution in [0.25, 0.3) is 0 Å². The van der Waals surface area contributed by atoms with E-state index >= 15 is 0 Å². The molecule has 0 fully saturated rings. The maximum absolute atomic E-state index is 13.5. The molecule has 0 N–H and O–H groups in total. The van der Waals surface area contributed by atoms with Gasteiger partial charge in [-0.1, -0.05) is 6.07 Å². The number of ketones is 1. The topological polar surface area (TPSA) is 40.9 Å². The molecule has 1 aromatic rings. The molecular formula is C10H7ClFNO. The monoisotopic (exact) mass is 211 g/mol. The zero-order valence-electron chi connectivity index (χ0n) is 7.47. The Morgan fingerprint density at radius 3 is 2.79 bits per heavy atom. The van der Waals surface area contributed by atoms with Gasteiger partial charge in [-0.15, -0.1) is 11.6 Å². The third-order valence-corrected chi connectivity index (χ3v) is 2.11. The lowest BCUT2D eigenvalue weighted by atomic mass is 10.0. The smallest absolute Gasteiger partial charge is 0.180 e. The molecule has 0 aliphatic heterocycles. The number of Topliss-reactive ketones (excluding diaryl/α,β-unsaturated/α-hetero) is 1. The Balaban J connectivity index is 3.42. The lowest BCUT2D eigenvalue weighted by molar-refractivity contribution is 0.101. The van der Waals surface area contributed by atoms with Crippen molar-refractivity contribution in [3.8, 4) is 6.07 Å². The summed E-state index contributed by atoms with van der Waals surface area (Å²) in [7, 11) is 0. The largest absolute Gasteiger partial charge is 0.293 e. The summed E-state index contributed by atoms with van der Waals surface area (Å²) in [5, 5.41) is 8.55. The third kappa shape index (κ3) is 1.75. The molecule has 72 valence electrons. The Labute approximate surface area is 85.9 Å². The van der Waals surface area contributed by atoms with Crippen molar-refractivity contribution in [3.63, 3.8) is 0 Å². The van der Waals surface area contributed by atoms with Crippen molar-refractivity contribution >= 4 is 17.4 Å². The van der Waals surface area contributed by atoms with Crippen molar-refractivity contribution in [3.05, 3.63) is 34.6 Å². The molecule has 0 unspecified atom stereocenters. The second-order valence-corrected chi connectivity index (χ2v) is 3.05.